The highest BCUT2D eigenvalue weighted by Gasteiger charge is 2.21. The van der Waals surface area contributed by atoms with Gasteiger partial charge in [-0.05, 0) is 30.3 Å². The summed E-state index contributed by atoms with van der Waals surface area (Å²) in [6.45, 7) is 0. The van der Waals surface area contributed by atoms with Gasteiger partial charge in [-0.2, -0.15) is 0 Å². The number of amides is 1. The molecule has 3 N–H and O–H groups in total. The fraction of sp³-hybridized carbons (Fsp3) is 0. The Morgan fingerprint density at radius 1 is 1.04 bits per heavy atom. The second kappa shape index (κ2) is 5.45. The van der Waals surface area contributed by atoms with Crippen LogP contribution in [0.4, 0.5) is 10.1 Å². The van der Waals surface area contributed by atoms with Crippen LogP contribution in [0.1, 0.15) is 10.4 Å². The molecule has 116 valence electrons. The molecule has 0 unspecified atom stereocenters. The Balaban J connectivity index is 2.13. The lowest BCUT2D eigenvalue weighted by molar-refractivity contribution is 0.100. The lowest BCUT2D eigenvalue weighted by atomic mass is 10.1. The maximum Gasteiger partial charge on any atom is 0.294 e. The van der Waals surface area contributed by atoms with Gasteiger partial charge in [0.05, 0.1) is 5.39 Å². The van der Waals surface area contributed by atoms with Crippen molar-refractivity contribution in [3.05, 3.63) is 70.3 Å². The number of carbonyl (C=O) groups is 1. The van der Waals surface area contributed by atoms with E-state index in [0.29, 0.717) is 5.69 Å². The Labute approximate surface area is 129 Å². The molecule has 6 nitrogen and oxygen atoms in total. The van der Waals surface area contributed by atoms with E-state index in [-0.39, 0.29) is 21.1 Å². The summed E-state index contributed by atoms with van der Waals surface area (Å²) in [5.41, 5.74) is -0.793. The minimum Gasteiger partial charge on any atom is -0.492 e. The van der Waals surface area contributed by atoms with Crippen molar-refractivity contribution in [2.45, 2.75) is 0 Å². The molecule has 0 aliphatic carbocycles. The monoisotopic (exact) mass is 314 g/mol. The highest BCUT2D eigenvalue weighted by atomic mass is 19.1. The van der Waals surface area contributed by atoms with Gasteiger partial charge in [0.15, 0.2) is 0 Å². The van der Waals surface area contributed by atoms with Crippen LogP contribution >= 0.6 is 0 Å². The lowest BCUT2D eigenvalue weighted by Crippen LogP contribution is -2.23. The largest absolute Gasteiger partial charge is 0.492 e. The molecule has 0 fully saturated rings. The number of carbonyl (C=O) groups excluding carboxylic acids is 1. The van der Waals surface area contributed by atoms with E-state index in [1.807, 2.05) is 0 Å². The van der Waals surface area contributed by atoms with Gasteiger partial charge in [0, 0.05) is 11.1 Å². The Kier molecular flexibility index (Phi) is 3.46. The number of aromatic nitrogens is 1. The zero-order chi connectivity index (χ0) is 16.6. The van der Waals surface area contributed by atoms with Gasteiger partial charge in [0.25, 0.3) is 11.5 Å². The molecule has 0 saturated carbocycles. The Morgan fingerprint density at radius 3 is 2.30 bits per heavy atom. The summed E-state index contributed by atoms with van der Waals surface area (Å²) in [7, 11) is 0. The number of halogens is 1. The smallest absolute Gasteiger partial charge is 0.294 e. The van der Waals surface area contributed by atoms with E-state index in [1.54, 1.807) is 12.1 Å². The van der Waals surface area contributed by atoms with Gasteiger partial charge in [-0.15, -0.1) is 4.73 Å². The number of pyridine rings is 1. The standard InChI is InChI=1S/C16H11FN2O4/c17-9-5-7-10(8-6-9)18-14(20)13-11-3-1-2-4-12(11)15(21)19(23)16(13)22/h1-8,22-23H,(H,18,20). The van der Waals surface area contributed by atoms with E-state index in [0.717, 1.165) is 0 Å². The maximum atomic E-state index is 12.9. The zero-order valence-corrected chi connectivity index (χ0v) is 11.7. The van der Waals surface area contributed by atoms with Gasteiger partial charge in [-0.1, -0.05) is 18.2 Å². The van der Waals surface area contributed by atoms with Crippen LogP contribution in [-0.2, 0) is 0 Å². The Bertz CT molecular complexity index is 964. The van der Waals surface area contributed by atoms with Gasteiger partial charge < -0.3 is 15.6 Å². The first-order valence-electron chi connectivity index (χ1n) is 6.62. The number of anilines is 1. The molecular weight excluding hydrogens is 303 g/mol. The molecule has 1 aromatic heterocycles. The van der Waals surface area contributed by atoms with Crippen molar-refractivity contribution in [2.75, 3.05) is 5.32 Å². The molecule has 23 heavy (non-hydrogen) atoms. The second-order valence-electron chi connectivity index (χ2n) is 4.82. The van der Waals surface area contributed by atoms with E-state index in [2.05, 4.69) is 5.32 Å². The topological polar surface area (TPSA) is 91.6 Å². The third kappa shape index (κ3) is 2.48. The Hall–Kier alpha value is -3.35. The first-order valence-corrected chi connectivity index (χ1v) is 6.62. The number of fused-ring (bicyclic) bond motifs is 1. The predicted molar refractivity (Wildman–Crippen MR) is 81.4 cm³/mol. The number of nitrogens with zero attached hydrogens (tertiary/aromatic N) is 1. The molecule has 0 spiro atoms. The molecule has 0 aliphatic rings. The van der Waals surface area contributed by atoms with E-state index in [4.69, 9.17) is 0 Å². The SMILES string of the molecule is O=C(Nc1ccc(F)cc1)c1c(O)n(O)c(=O)c2ccccc12. The van der Waals surface area contributed by atoms with E-state index < -0.39 is 23.2 Å². The number of benzene rings is 2. The normalized spacial score (nSPS) is 10.7. The minimum atomic E-state index is -0.867. The van der Waals surface area contributed by atoms with Crippen LogP contribution in [0.25, 0.3) is 10.8 Å². The van der Waals surface area contributed by atoms with Crippen LogP contribution < -0.4 is 10.9 Å². The van der Waals surface area contributed by atoms with Crippen molar-refractivity contribution in [1.82, 2.24) is 4.73 Å². The summed E-state index contributed by atoms with van der Waals surface area (Å²) in [6, 6.07) is 11.1. The molecule has 0 radical (unpaired) electrons. The van der Waals surface area contributed by atoms with Crippen LogP contribution in [-0.4, -0.2) is 21.0 Å². The molecule has 1 amide bonds. The average molecular weight is 314 g/mol. The van der Waals surface area contributed by atoms with E-state index in [9.17, 15) is 24.3 Å². The van der Waals surface area contributed by atoms with Crippen molar-refractivity contribution in [2.24, 2.45) is 0 Å². The van der Waals surface area contributed by atoms with Gasteiger partial charge in [-0.25, -0.2) is 4.39 Å². The molecule has 0 saturated heterocycles. The van der Waals surface area contributed by atoms with Crippen LogP contribution in [0.5, 0.6) is 5.88 Å². The number of rotatable bonds is 2. The summed E-state index contributed by atoms with van der Waals surface area (Å²) < 4.78 is 12.9. The van der Waals surface area contributed by atoms with Gasteiger partial charge in [0.2, 0.25) is 5.88 Å². The highest BCUT2D eigenvalue weighted by Crippen LogP contribution is 2.25. The number of nitrogens with one attached hydrogen (secondary N) is 1. The minimum absolute atomic E-state index is 0.0158. The summed E-state index contributed by atoms with van der Waals surface area (Å²) >= 11 is 0. The second-order valence-corrected chi connectivity index (χ2v) is 4.82. The van der Waals surface area contributed by atoms with E-state index in [1.165, 1.54) is 36.4 Å². The number of hydrogen-bond donors (Lipinski definition) is 3. The Morgan fingerprint density at radius 2 is 1.65 bits per heavy atom. The first kappa shape index (κ1) is 14.6. The predicted octanol–water partition coefficient (Wildman–Crippen LogP) is 2.34. The summed E-state index contributed by atoms with van der Waals surface area (Å²) in [5, 5.41) is 22.4. The van der Waals surface area contributed by atoms with Crippen LogP contribution in [0, 0.1) is 5.82 Å². The molecule has 0 bridgehead atoms. The van der Waals surface area contributed by atoms with Crippen LogP contribution in [0.3, 0.4) is 0 Å². The van der Waals surface area contributed by atoms with Crippen LogP contribution in [0.2, 0.25) is 0 Å². The number of hydrogen-bond acceptors (Lipinski definition) is 4. The lowest BCUT2D eigenvalue weighted by Gasteiger charge is -2.11. The molecule has 0 atom stereocenters. The average Bonchev–Trinajstić information content (AvgIpc) is 2.55. The summed E-state index contributed by atoms with van der Waals surface area (Å²) in [6.07, 6.45) is 0. The highest BCUT2D eigenvalue weighted by molar-refractivity contribution is 6.14. The van der Waals surface area contributed by atoms with Gasteiger partial charge in [0.1, 0.15) is 11.4 Å². The number of aromatic hydroxyl groups is 1. The third-order valence-corrected chi connectivity index (χ3v) is 3.37. The first-order chi connectivity index (χ1) is 11.0. The molecule has 7 heteroatoms. The molecule has 1 heterocycles. The van der Waals surface area contributed by atoms with Crippen molar-refractivity contribution in [3.63, 3.8) is 0 Å². The van der Waals surface area contributed by atoms with Crippen LogP contribution in [0.15, 0.2) is 53.3 Å². The molecule has 3 aromatic rings. The van der Waals surface area contributed by atoms with Crippen molar-refractivity contribution < 1.29 is 19.5 Å². The zero-order valence-electron chi connectivity index (χ0n) is 11.7. The molecule has 2 aromatic carbocycles. The van der Waals surface area contributed by atoms with Crippen molar-refractivity contribution >= 4 is 22.4 Å². The summed E-state index contributed by atoms with van der Waals surface area (Å²) in [4.78, 5) is 24.3. The summed E-state index contributed by atoms with van der Waals surface area (Å²) in [5.74, 6) is -2.07. The maximum absolute atomic E-state index is 12.9. The fourth-order valence-electron chi connectivity index (χ4n) is 2.27. The van der Waals surface area contributed by atoms with Gasteiger partial charge in [-0.3, -0.25) is 9.59 Å². The molecular formula is C16H11FN2O4. The third-order valence-electron chi connectivity index (χ3n) is 3.37. The van der Waals surface area contributed by atoms with Crippen molar-refractivity contribution in [1.29, 1.82) is 0 Å². The molecule has 0 aliphatic heterocycles. The van der Waals surface area contributed by atoms with Gasteiger partial charge >= 0.3 is 0 Å². The quantitative estimate of drug-likeness (QED) is 0.633. The van der Waals surface area contributed by atoms with Crippen molar-refractivity contribution in [3.8, 4) is 5.88 Å². The van der Waals surface area contributed by atoms with E-state index >= 15 is 0 Å². The molecule has 3 rings (SSSR count). The fourth-order valence-corrected chi connectivity index (χ4v) is 2.27.